The third-order valence-corrected chi connectivity index (χ3v) is 4.36. The Bertz CT molecular complexity index is 250. The lowest BCUT2D eigenvalue weighted by molar-refractivity contribution is -0.147. The molecule has 0 amide bonds. The molecular weight excluding hydrogens is 248 g/mol. The molecule has 0 N–H and O–H groups in total. The van der Waals surface area contributed by atoms with Crippen molar-refractivity contribution in [3.8, 4) is 0 Å². The fourth-order valence-electron chi connectivity index (χ4n) is 2.88. The molecule has 2 nitrogen and oxygen atoms in total. The van der Waals surface area contributed by atoms with E-state index in [9.17, 15) is 4.79 Å². The lowest BCUT2D eigenvalue weighted by Crippen LogP contribution is -2.20. The zero-order valence-electron chi connectivity index (χ0n) is 14.6. The van der Waals surface area contributed by atoms with E-state index in [4.69, 9.17) is 4.74 Å². The fraction of sp³-hybridized carbons (Fsp3) is 0.944. The Kier molecular flexibility index (Phi) is 10.9. The number of esters is 1. The molecule has 0 heterocycles. The topological polar surface area (TPSA) is 26.3 Å². The van der Waals surface area contributed by atoms with E-state index < -0.39 is 0 Å². The monoisotopic (exact) mass is 284 g/mol. The summed E-state index contributed by atoms with van der Waals surface area (Å²) in [5.41, 5.74) is 0. The van der Waals surface area contributed by atoms with Gasteiger partial charge in [0, 0.05) is 6.92 Å². The zero-order valence-corrected chi connectivity index (χ0v) is 14.6. The summed E-state index contributed by atoms with van der Waals surface area (Å²) in [5.74, 6) is 1.98. The van der Waals surface area contributed by atoms with Gasteiger partial charge in [0.25, 0.3) is 0 Å². The van der Waals surface area contributed by atoms with Crippen LogP contribution >= 0.6 is 0 Å². The van der Waals surface area contributed by atoms with Gasteiger partial charge in [-0.15, -0.1) is 0 Å². The predicted molar refractivity (Wildman–Crippen MR) is 86.7 cm³/mol. The second-order valence-electron chi connectivity index (χ2n) is 6.81. The molecule has 0 spiro atoms. The number of carbonyl (C=O) groups excluding carboxylic acids is 1. The third-order valence-electron chi connectivity index (χ3n) is 4.36. The minimum atomic E-state index is -0.164. The molecule has 0 rings (SSSR count). The molecule has 0 aliphatic carbocycles. The standard InChI is InChI=1S/C18H36O2/c1-7-8-10-14(2)13-15(3)11-9-12-16(4)17(5)20-18(6)19/h14-17H,7-13H2,1-6H3/t14-,15+,16-,17+/m1/s1. The Morgan fingerprint density at radius 3 is 2.00 bits per heavy atom. The molecule has 120 valence electrons. The summed E-state index contributed by atoms with van der Waals surface area (Å²) in [4.78, 5) is 10.9. The average Bonchev–Trinajstić information content (AvgIpc) is 2.35. The number of hydrogen-bond acceptors (Lipinski definition) is 2. The second kappa shape index (κ2) is 11.2. The van der Waals surface area contributed by atoms with E-state index in [2.05, 4.69) is 27.7 Å². The molecular formula is C18H36O2. The minimum absolute atomic E-state index is 0.0475. The molecule has 0 aromatic heterocycles. The lowest BCUT2D eigenvalue weighted by atomic mass is 9.88. The average molecular weight is 284 g/mol. The van der Waals surface area contributed by atoms with Crippen LogP contribution < -0.4 is 0 Å². The van der Waals surface area contributed by atoms with E-state index in [0.717, 1.165) is 18.3 Å². The number of ether oxygens (including phenoxy) is 1. The van der Waals surface area contributed by atoms with Crippen molar-refractivity contribution < 1.29 is 9.53 Å². The second-order valence-corrected chi connectivity index (χ2v) is 6.81. The largest absolute Gasteiger partial charge is 0.463 e. The highest BCUT2D eigenvalue weighted by molar-refractivity contribution is 5.66. The van der Waals surface area contributed by atoms with Crippen LogP contribution in [-0.4, -0.2) is 12.1 Å². The SMILES string of the molecule is CCCC[C@@H](C)C[C@@H](C)CCC[C@@H](C)[C@H](C)OC(C)=O. The van der Waals surface area contributed by atoms with Gasteiger partial charge in [0.15, 0.2) is 0 Å². The van der Waals surface area contributed by atoms with Crippen LogP contribution in [0, 0.1) is 17.8 Å². The van der Waals surface area contributed by atoms with Gasteiger partial charge in [-0.3, -0.25) is 4.79 Å². The van der Waals surface area contributed by atoms with Gasteiger partial charge >= 0.3 is 5.97 Å². The molecule has 0 aliphatic heterocycles. The summed E-state index contributed by atoms with van der Waals surface area (Å²) in [6.45, 7) is 12.7. The van der Waals surface area contributed by atoms with Crippen LogP contribution in [-0.2, 0) is 9.53 Å². The number of carbonyl (C=O) groups is 1. The first-order chi connectivity index (χ1) is 9.36. The molecule has 4 atom stereocenters. The maximum absolute atomic E-state index is 10.9. The summed E-state index contributed by atoms with van der Waals surface area (Å²) < 4.78 is 5.24. The van der Waals surface area contributed by atoms with Gasteiger partial charge in [-0.2, -0.15) is 0 Å². The van der Waals surface area contributed by atoms with Gasteiger partial charge in [-0.05, 0) is 37.5 Å². The van der Waals surface area contributed by atoms with Gasteiger partial charge in [0.2, 0.25) is 0 Å². The van der Waals surface area contributed by atoms with Crippen LogP contribution in [0.1, 0.15) is 86.5 Å². The Hall–Kier alpha value is -0.530. The number of unbranched alkanes of at least 4 members (excludes halogenated alkanes) is 1. The van der Waals surface area contributed by atoms with Crippen LogP contribution in [0.25, 0.3) is 0 Å². The van der Waals surface area contributed by atoms with Crippen molar-refractivity contribution in [3.63, 3.8) is 0 Å². The summed E-state index contributed by atoms with van der Waals surface area (Å²) in [6, 6.07) is 0. The maximum Gasteiger partial charge on any atom is 0.302 e. The summed E-state index contributed by atoms with van der Waals surface area (Å²) in [7, 11) is 0. The Labute approximate surface area is 126 Å². The van der Waals surface area contributed by atoms with Crippen molar-refractivity contribution in [1.29, 1.82) is 0 Å². The van der Waals surface area contributed by atoms with Gasteiger partial charge in [-0.25, -0.2) is 0 Å². The zero-order chi connectivity index (χ0) is 15.5. The first-order valence-corrected chi connectivity index (χ1v) is 8.54. The van der Waals surface area contributed by atoms with Crippen LogP contribution in [0.4, 0.5) is 0 Å². The van der Waals surface area contributed by atoms with Crippen molar-refractivity contribution in [3.05, 3.63) is 0 Å². The molecule has 0 radical (unpaired) electrons. The molecule has 0 aliphatic rings. The van der Waals surface area contributed by atoms with Crippen LogP contribution in [0.15, 0.2) is 0 Å². The normalized spacial score (nSPS) is 17.3. The van der Waals surface area contributed by atoms with E-state index in [-0.39, 0.29) is 12.1 Å². The van der Waals surface area contributed by atoms with E-state index in [1.165, 1.54) is 45.4 Å². The number of rotatable bonds is 11. The van der Waals surface area contributed by atoms with Crippen molar-refractivity contribution in [2.75, 3.05) is 0 Å². The maximum atomic E-state index is 10.9. The highest BCUT2D eigenvalue weighted by Crippen LogP contribution is 2.23. The van der Waals surface area contributed by atoms with Gasteiger partial charge in [-0.1, -0.05) is 59.8 Å². The molecule has 20 heavy (non-hydrogen) atoms. The predicted octanol–water partition coefficient (Wildman–Crippen LogP) is 5.60. The van der Waals surface area contributed by atoms with E-state index in [1.807, 2.05) is 6.92 Å². The molecule has 2 heteroatoms. The summed E-state index contributed by atoms with van der Waals surface area (Å²) >= 11 is 0. The van der Waals surface area contributed by atoms with Crippen molar-refractivity contribution >= 4 is 5.97 Å². The smallest absolute Gasteiger partial charge is 0.302 e. The molecule has 0 saturated carbocycles. The molecule has 0 bridgehead atoms. The quantitative estimate of drug-likeness (QED) is 0.462. The first kappa shape index (κ1) is 19.5. The van der Waals surface area contributed by atoms with Crippen molar-refractivity contribution in [2.24, 2.45) is 17.8 Å². The molecule has 0 aromatic rings. The van der Waals surface area contributed by atoms with E-state index >= 15 is 0 Å². The molecule has 0 aromatic carbocycles. The molecule has 0 saturated heterocycles. The van der Waals surface area contributed by atoms with Crippen molar-refractivity contribution in [1.82, 2.24) is 0 Å². The Balaban J connectivity index is 3.74. The van der Waals surface area contributed by atoms with E-state index in [1.54, 1.807) is 0 Å². The fourth-order valence-corrected chi connectivity index (χ4v) is 2.88. The van der Waals surface area contributed by atoms with Crippen LogP contribution in [0.5, 0.6) is 0 Å². The lowest BCUT2D eigenvalue weighted by Gasteiger charge is -2.21. The molecule has 0 unspecified atom stereocenters. The van der Waals surface area contributed by atoms with Crippen LogP contribution in [0.3, 0.4) is 0 Å². The Morgan fingerprint density at radius 2 is 1.50 bits per heavy atom. The third kappa shape index (κ3) is 10.3. The van der Waals surface area contributed by atoms with Gasteiger partial charge in [0.1, 0.15) is 6.10 Å². The first-order valence-electron chi connectivity index (χ1n) is 8.54. The van der Waals surface area contributed by atoms with Gasteiger partial charge in [0.05, 0.1) is 0 Å². The van der Waals surface area contributed by atoms with E-state index in [0.29, 0.717) is 5.92 Å². The summed E-state index contributed by atoms with van der Waals surface area (Å²) in [6.07, 6.45) is 9.15. The summed E-state index contributed by atoms with van der Waals surface area (Å²) in [5, 5.41) is 0. The minimum Gasteiger partial charge on any atom is -0.463 e. The van der Waals surface area contributed by atoms with Crippen LogP contribution in [0.2, 0.25) is 0 Å². The number of hydrogen-bond donors (Lipinski definition) is 0. The molecule has 0 fully saturated rings. The van der Waals surface area contributed by atoms with Crippen molar-refractivity contribution in [2.45, 2.75) is 92.6 Å². The van der Waals surface area contributed by atoms with Gasteiger partial charge < -0.3 is 4.74 Å². The highest BCUT2D eigenvalue weighted by Gasteiger charge is 2.15. The highest BCUT2D eigenvalue weighted by atomic mass is 16.5. The Morgan fingerprint density at radius 1 is 0.950 bits per heavy atom.